The molecule has 1 aromatic heterocycles. The molecule has 1 fully saturated rings. The summed E-state index contributed by atoms with van der Waals surface area (Å²) in [4.78, 5) is 8.34. The molecule has 0 amide bonds. The molecule has 0 spiro atoms. The number of hydrogen-bond donors (Lipinski definition) is 1. The standard InChI is InChI=1S/C15H22N2S/c18-15-12-9-5-6-10-13(12)16-14(17-15)11-7-3-1-2-4-8-11/h11H,1-10H2,(H,16,17,18). The van der Waals surface area contributed by atoms with Crippen LogP contribution in [0.3, 0.4) is 0 Å². The van der Waals surface area contributed by atoms with Crippen LogP contribution in [-0.2, 0) is 12.8 Å². The molecule has 0 saturated heterocycles. The summed E-state index contributed by atoms with van der Waals surface area (Å²) in [6, 6.07) is 0. The van der Waals surface area contributed by atoms with Crippen LogP contribution in [0.2, 0.25) is 0 Å². The van der Waals surface area contributed by atoms with Crippen LogP contribution in [0.5, 0.6) is 0 Å². The third kappa shape index (κ3) is 2.51. The summed E-state index contributed by atoms with van der Waals surface area (Å²) < 4.78 is 0.877. The van der Waals surface area contributed by atoms with Gasteiger partial charge in [0.15, 0.2) is 0 Å². The van der Waals surface area contributed by atoms with Crippen LogP contribution < -0.4 is 0 Å². The molecule has 1 saturated carbocycles. The van der Waals surface area contributed by atoms with E-state index >= 15 is 0 Å². The molecule has 0 aliphatic heterocycles. The zero-order valence-corrected chi connectivity index (χ0v) is 11.8. The van der Waals surface area contributed by atoms with Crippen LogP contribution in [0.1, 0.15) is 74.4 Å². The normalized spacial score (nSPS) is 21.3. The van der Waals surface area contributed by atoms with Gasteiger partial charge < -0.3 is 4.98 Å². The Labute approximate surface area is 114 Å². The second-order valence-corrected chi connectivity index (χ2v) is 6.17. The smallest absolute Gasteiger partial charge is 0.133 e. The predicted molar refractivity (Wildman–Crippen MR) is 76.5 cm³/mol. The van der Waals surface area contributed by atoms with Crippen molar-refractivity contribution in [2.75, 3.05) is 0 Å². The second-order valence-electron chi connectivity index (χ2n) is 5.78. The van der Waals surface area contributed by atoms with Crippen molar-refractivity contribution in [3.05, 3.63) is 21.7 Å². The largest absolute Gasteiger partial charge is 0.347 e. The molecule has 3 rings (SSSR count). The van der Waals surface area contributed by atoms with E-state index in [2.05, 4.69) is 4.98 Å². The minimum Gasteiger partial charge on any atom is -0.347 e. The summed E-state index contributed by atoms with van der Waals surface area (Å²) in [5, 5.41) is 0. The summed E-state index contributed by atoms with van der Waals surface area (Å²) in [7, 11) is 0. The molecule has 0 aromatic carbocycles. The zero-order chi connectivity index (χ0) is 12.4. The number of hydrogen-bond acceptors (Lipinski definition) is 2. The molecule has 2 aliphatic rings. The third-order valence-corrected chi connectivity index (χ3v) is 4.81. The van der Waals surface area contributed by atoms with E-state index in [4.69, 9.17) is 17.2 Å². The van der Waals surface area contributed by atoms with Crippen molar-refractivity contribution in [3.63, 3.8) is 0 Å². The highest BCUT2D eigenvalue weighted by Crippen LogP contribution is 2.31. The Hall–Kier alpha value is -0.700. The summed E-state index contributed by atoms with van der Waals surface area (Å²) in [5.74, 6) is 1.81. The molecule has 0 bridgehead atoms. The molecule has 1 N–H and O–H groups in total. The van der Waals surface area contributed by atoms with Crippen molar-refractivity contribution in [1.82, 2.24) is 9.97 Å². The van der Waals surface area contributed by atoms with Crippen LogP contribution in [0.25, 0.3) is 0 Å². The maximum Gasteiger partial charge on any atom is 0.133 e. The van der Waals surface area contributed by atoms with Crippen LogP contribution in [0.15, 0.2) is 0 Å². The highest BCUT2D eigenvalue weighted by Gasteiger charge is 2.19. The highest BCUT2D eigenvalue weighted by molar-refractivity contribution is 7.71. The van der Waals surface area contributed by atoms with Gasteiger partial charge in [0.05, 0.1) is 0 Å². The van der Waals surface area contributed by atoms with Crippen molar-refractivity contribution in [2.24, 2.45) is 0 Å². The molecule has 18 heavy (non-hydrogen) atoms. The van der Waals surface area contributed by atoms with Gasteiger partial charge in [-0.25, -0.2) is 4.98 Å². The lowest BCUT2D eigenvalue weighted by molar-refractivity contribution is 0.547. The van der Waals surface area contributed by atoms with Gasteiger partial charge in [0.25, 0.3) is 0 Å². The van der Waals surface area contributed by atoms with Crippen molar-refractivity contribution < 1.29 is 0 Å². The number of nitrogens with zero attached hydrogens (tertiary/aromatic N) is 1. The van der Waals surface area contributed by atoms with Crippen LogP contribution in [0, 0.1) is 4.64 Å². The second kappa shape index (κ2) is 5.52. The van der Waals surface area contributed by atoms with E-state index in [1.807, 2.05) is 0 Å². The molecule has 2 nitrogen and oxygen atoms in total. The number of H-pyrrole nitrogens is 1. The van der Waals surface area contributed by atoms with Crippen LogP contribution >= 0.6 is 12.2 Å². The lowest BCUT2D eigenvalue weighted by Crippen LogP contribution is -2.13. The van der Waals surface area contributed by atoms with Gasteiger partial charge in [-0.1, -0.05) is 37.9 Å². The minimum atomic E-state index is 0.626. The number of fused-ring (bicyclic) bond motifs is 1. The molecule has 0 atom stereocenters. The van der Waals surface area contributed by atoms with E-state index in [1.165, 1.54) is 74.9 Å². The minimum absolute atomic E-state index is 0.626. The van der Waals surface area contributed by atoms with Crippen molar-refractivity contribution in [1.29, 1.82) is 0 Å². The van der Waals surface area contributed by atoms with Gasteiger partial charge in [0.2, 0.25) is 0 Å². The SMILES string of the molecule is S=c1nc(C2CCCCCC2)[nH]c2c1CCCC2. The summed E-state index contributed by atoms with van der Waals surface area (Å²) >= 11 is 5.50. The molecular weight excluding hydrogens is 240 g/mol. The number of aryl methyl sites for hydroxylation is 1. The van der Waals surface area contributed by atoms with E-state index < -0.39 is 0 Å². The van der Waals surface area contributed by atoms with Gasteiger partial charge in [-0.15, -0.1) is 0 Å². The lowest BCUT2D eigenvalue weighted by atomic mass is 9.95. The molecule has 2 aliphatic carbocycles. The first-order valence-electron chi connectivity index (χ1n) is 7.46. The Morgan fingerprint density at radius 2 is 1.67 bits per heavy atom. The van der Waals surface area contributed by atoms with Gasteiger partial charge in [-0.2, -0.15) is 0 Å². The predicted octanol–water partition coefficient (Wildman–Crippen LogP) is 4.46. The van der Waals surface area contributed by atoms with E-state index in [0.717, 1.165) is 11.1 Å². The summed E-state index contributed by atoms with van der Waals surface area (Å²) in [6.07, 6.45) is 12.9. The maximum absolute atomic E-state index is 5.50. The van der Waals surface area contributed by atoms with Gasteiger partial charge in [-0.05, 0) is 38.5 Å². The van der Waals surface area contributed by atoms with E-state index in [0.29, 0.717) is 5.92 Å². The fourth-order valence-corrected chi connectivity index (χ4v) is 3.71. The summed E-state index contributed by atoms with van der Waals surface area (Å²) in [5.41, 5.74) is 2.72. The van der Waals surface area contributed by atoms with Crippen LogP contribution in [0.4, 0.5) is 0 Å². The molecule has 98 valence electrons. The molecule has 1 heterocycles. The fourth-order valence-electron chi connectivity index (χ4n) is 3.38. The molecule has 0 radical (unpaired) electrons. The highest BCUT2D eigenvalue weighted by atomic mass is 32.1. The van der Waals surface area contributed by atoms with E-state index in [9.17, 15) is 0 Å². The first-order valence-corrected chi connectivity index (χ1v) is 7.87. The average molecular weight is 262 g/mol. The Bertz CT molecular complexity index is 470. The number of nitrogens with one attached hydrogen (secondary N) is 1. The molecule has 1 aromatic rings. The Morgan fingerprint density at radius 1 is 0.944 bits per heavy atom. The van der Waals surface area contributed by atoms with Gasteiger partial charge in [0, 0.05) is 17.2 Å². The number of rotatable bonds is 1. The van der Waals surface area contributed by atoms with E-state index in [1.54, 1.807) is 0 Å². The Balaban J connectivity index is 1.92. The maximum atomic E-state index is 5.50. The first kappa shape index (κ1) is 12.3. The van der Waals surface area contributed by atoms with E-state index in [-0.39, 0.29) is 0 Å². The van der Waals surface area contributed by atoms with Gasteiger partial charge in [-0.3, -0.25) is 0 Å². The first-order chi connectivity index (χ1) is 8.84. The Kier molecular flexibility index (Phi) is 3.78. The zero-order valence-electron chi connectivity index (χ0n) is 11.0. The Morgan fingerprint density at radius 3 is 2.44 bits per heavy atom. The monoisotopic (exact) mass is 262 g/mol. The van der Waals surface area contributed by atoms with Gasteiger partial charge in [0.1, 0.15) is 10.5 Å². The quantitative estimate of drug-likeness (QED) is 0.598. The number of aromatic nitrogens is 2. The topological polar surface area (TPSA) is 28.7 Å². The summed E-state index contributed by atoms with van der Waals surface area (Å²) in [6.45, 7) is 0. The van der Waals surface area contributed by atoms with Gasteiger partial charge >= 0.3 is 0 Å². The van der Waals surface area contributed by atoms with Crippen LogP contribution in [-0.4, -0.2) is 9.97 Å². The number of aromatic amines is 1. The van der Waals surface area contributed by atoms with Crippen molar-refractivity contribution in [2.45, 2.75) is 70.1 Å². The van der Waals surface area contributed by atoms with Crippen molar-refractivity contribution in [3.8, 4) is 0 Å². The molecule has 0 unspecified atom stereocenters. The average Bonchev–Trinajstić information content (AvgIpc) is 2.67. The van der Waals surface area contributed by atoms with Crippen molar-refractivity contribution >= 4 is 12.2 Å². The third-order valence-electron chi connectivity index (χ3n) is 4.47. The lowest BCUT2D eigenvalue weighted by Gasteiger charge is -2.20. The fraction of sp³-hybridized carbons (Fsp3) is 0.733. The molecular formula is C15H22N2S. The molecule has 3 heteroatoms.